The highest BCUT2D eigenvalue weighted by atomic mass is 35.5. The van der Waals surface area contributed by atoms with Crippen molar-refractivity contribution >= 4 is 23.3 Å². The van der Waals surface area contributed by atoms with E-state index in [0.717, 1.165) is 24.4 Å². The van der Waals surface area contributed by atoms with Crippen molar-refractivity contribution in [1.82, 2.24) is 10.2 Å². The molecule has 2 amide bonds. The average Bonchev–Trinajstić information content (AvgIpc) is 3.33. The van der Waals surface area contributed by atoms with Gasteiger partial charge in [0.05, 0.1) is 32.1 Å². The van der Waals surface area contributed by atoms with E-state index >= 15 is 0 Å². The number of anilines is 1. The quantitative estimate of drug-likeness (QED) is 0.772. The molecule has 1 atom stereocenters. The van der Waals surface area contributed by atoms with Gasteiger partial charge in [-0.15, -0.1) is 6.42 Å². The monoisotopic (exact) mass is 387 g/mol. The lowest BCUT2D eigenvalue weighted by molar-refractivity contribution is 0.194. The molecule has 1 saturated heterocycles. The Morgan fingerprint density at radius 2 is 2.37 bits per heavy atom. The molecule has 0 spiro atoms. The first-order valence-electron chi connectivity index (χ1n) is 8.70. The number of furan rings is 1. The van der Waals surface area contributed by atoms with Gasteiger partial charge in [-0.25, -0.2) is 4.79 Å². The van der Waals surface area contributed by atoms with Gasteiger partial charge in [0.15, 0.2) is 0 Å². The fraction of sp³-hybridized carbons (Fsp3) is 0.350. The van der Waals surface area contributed by atoms with Gasteiger partial charge in [0.2, 0.25) is 0 Å². The van der Waals surface area contributed by atoms with E-state index in [1.165, 1.54) is 0 Å². The number of methoxy groups -OCH3 is 1. The normalized spacial score (nSPS) is 16.0. The minimum absolute atomic E-state index is 0.0121. The van der Waals surface area contributed by atoms with Gasteiger partial charge in [0.25, 0.3) is 0 Å². The molecule has 1 fully saturated rings. The molecular formula is C20H22ClN3O3. The van der Waals surface area contributed by atoms with E-state index in [0.29, 0.717) is 23.9 Å². The van der Waals surface area contributed by atoms with Crippen molar-refractivity contribution in [3.8, 4) is 18.1 Å². The van der Waals surface area contributed by atoms with E-state index in [-0.39, 0.29) is 18.6 Å². The molecule has 1 aromatic carbocycles. The lowest BCUT2D eigenvalue weighted by Crippen LogP contribution is -2.45. The van der Waals surface area contributed by atoms with Gasteiger partial charge in [-0.1, -0.05) is 17.5 Å². The zero-order valence-corrected chi connectivity index (χ0v) is 15.9. The highest BCUT2D eigenvalue weighted by Gasteiger charge is 2.27. The Bertz CT molecular complexity index is 816. The number of rotatable bonds is 6. The van der Waals surface area contributed by atoms with Crippen molar-refractivity contribution in [2.24, 2.45) is 0 Å². The number of benzene rings is 1. The predicted molar refractivity (Wildman–Crippen MR) is 105 cm³/mol. The number of nitrogens with one attached hydrogen (secondary N) is 1. The van der Waals surface area contributed by atoms with Crippen LogP contribution in [0, 0.1) is 12.3 Å². The summed E-state index contributed by atoms with van der Waals surface area (Å²) in [4.78, 5) is 16.4. The molecule has 7 heteroatoms. The van der Waals surface area contributed by atoms with Crippen molar-refractivity contribution < 1.29 is 13.9 Å². The zero-order chi connectivity index (χ0) is 19.2. The number of carbonyl (C=O) groups excluding carboxylic acids is 1. The zero-order valence-electron chi connectivity index (χ0n) is 15.2. The first kappa shape index (κ1) is 19.0. The molecule has 0 radical (unpaired) electrons. The number of amides is 2. The standard InChI is InChI=1S/C20H22ClN3O3/c1-3-9-24(14-17-5-4-11-27-17)20(25)22-16-8-10-23(13-16)18-12-15(21)6-7-19(18)26-2/h1,4-7,11-12,16H,8-10,13-14H2,2H3,(H,22,25)/t16-/m0/s1. The summed E-state index contributed by atoms with van der Waals surface area (Å²) in [6.45, 7) is 2.02. The molecule has 27 heavy (non-hydrogen) atoms. The molecule has 142 valence electrons. The van der Waals surface area contributed by atoms with Crippen LogP contribution in [-0.4, -0.2) is 43.7 Å². The minimum atomic E-state index is -0.200. The summed E-state index contributed by atoms with van der Waals surface area (Å²) in [6.07, 6.45) is 7.81. The molecule has 6 nitrogen and oxygen atoms in total. The number of ether oxygens (including phenoxy) is 1. The largest absolute Gasteiger partial charge is 0.495 e. The molecule has 0 saturated carbocycles. The van der Waals surface area contributed by atoms with Gasteiger partial charge in [0.1, 0.15) is 11.5 Å². The molecule has 3 rings (SSSR count). The SMILES string of the molecule is C#CCN(Cc1ccco1)C(=O)N[C@H]1CCN(c2cc(Cl)ccc2OC)C1. The number of carbonyl (C=O) groups is 1. The van der Waals surface area contributed by atoms with Crippen LogP contribution in [-0.2, 0) is 6.54 Å². The average molecular weight is 388 g/mol. The molecule has 1 aliphatic rings. The van der Waals surface area contributed by atoms with Crippen LogP contribution in [0.5, 0.6) is 5.75 Å². The van der Waals surface area contributed by atoms with Gasteiger partial charge in [0, 0.05) is 24.2 Å². The van der Waals surface area contributed by atoms with Crippen molar-refractivity contribution in [3.05, 3.63) is 47.4 Å². The fourth-order valence-corrected chi connectivity index (χ4v) is 3.34. The van der Waals surface area contributed by atoms with E-state index < -0.39 is 0 Å². The van der Waals surface area contributed by atoms with Crippen LogP contribution in [0.25, 0.3) is 0 Å². The van der Waals surface area contributed by atoms with Gasteiger partial charge in [-0.3, -0.25) is 0 Å². The Labute approximate surface area is 164 Å². The maximum Gasteiger partial charge on any atom is 0.318 e. The molecule has 2 aromatic rings. The summed E-state index contributed by atoms with van der Waals surface area (Å²) in [5.41, 5.74) is 0.929. The van der Waals surface area contributed by atoms with Gasteiger partial charge < -0.3 is 24.3 Å². The first-order valence-corrected chi connectivity index (χ1v) is 9.08. The van der Waals surface area contributed by atoms with Crippen molar-refractivity contribution in [2.75, 3.05) is 31.6 Å². The number of terminal acetylenes is 1. The van der Waals surface area contributed by atoms with Crippen LogP contribution in [0.1, 0.15) is 12.2 Å². The summed E-state index contributed by atoms with van der Waals surface area (Å²) < 4.78 is 10.7. The predicted octanol–water partition coefficient (Wildman–Crippen LogP) is 3.37. The number of hydrogen-bond acceptors (Lipinski definition) is 4. The van der Waals surface area contributed by atoms with E-state index in [2.05, 4.69) is 16.1 Å². The smallest absolute Gasteiger partial charge is 0.318 e. The summed E-state index contributed by atoms with van der Waals surface area (Å²) in [5.74, 6) is 3.98. The van der Waals surface area contributed by atoms with Crippen LogP contribution in [0.15, 0.2) is 41.0 Å². The number of nitrogens with zero attached hydrogens (tertiary/aromatic N) is 2. The Morgan fingerprint density at radius 3 is 3.07 bits per heavy atom. The van der Waals surface area contributed by atoms with Crippen LogP contribution in [0.3, 0.4) is 0 Å². The maximum atomic E-state index is 12.6. The second kappa shape index (κ2) is 8.74. The minimum Gasteiger partial charge on any atom is -0.495 e. The Balaban J connectivity index is 1.62. The van der Waals surface area contributed by atoms with E-state index in [9.17, 15) is 4.79 Å². The molecule has 0 bridgehead atoms. The van der Waals surface area contributed by atoms with Gasteiger partial charge >= 0.3 is 6.03 Å². The lowest BCUT2D eigenvalue weighted by Gasteiger charge is -2.24. The molecule has 0 unspecified atom stereocenters. The Morgan fingerprint density at radius 1 is 1.52 bits per heavy atom. The van der Waals surface area contributed by atoms with Crippen molar-refractivity contribution in [2.45, 2.75) is 19.0 Å². The third-order valence-corrected chi connectivity index (χ3v) is 4.73. The number of hydrogen-bond donors (Lipinski definition) is 1. The van der Waals surface area contributed by atoms with Crippen molar-refractivity contribution in [1.29, 1.82) is 0 Å². The number of halogens is 1. The summed E-state index contributed by atoms with van der Waals surface area (Å²) >= 11 is 6.13. The third-order valence-electron chi connectivity index (χ3n) is 4.49. The van der Waals surface area contributed by atoms with Crippen LogP contribution in [0.2, 0.25) is 5.02 Å². The fourth-order valence-electron chi connectivity index (χ4n) is 3.17. The topological polar surface area (TPSA) is 58.0 Å². The highest BCUT2D eigenvalue weighted by molar-refractivity contribution is 6.30. The highest BCUT2D eigenvalue weighted by Crippen LogP contribution is 2.33. The number of urea groups is 1. The summed E-state index contributed by atoms with van der Waals surface area (Å²) in [6, 6.07) is 8.94. The Hall–Kier alpha value is -2.78. The van der Waals surface area contributed by atoms with Crippen LogP contribution < -0.4 is 15.0 Å². The molecule has 1 N–H and O–H groups in total. The molecule has 1 aromatic heterocycles. The van der Waals surface area contributed by atoms with E-state index in [4.69, 9.17) is 27.2 Å². The second-order valence-corrected chi connectivity index (χ2v) is 6.77. The summed E-state index contributed by atoms with van der Waals surface area (Å²) in [7, 11) is 1.63. The molecule has 1 aliphatic heterocycles. The molecule has 2 heterocycles. The second-order valence-electron chi connectivity index (χ2n) is 6.34. The van der Waals surface area contributed by atoms with E-state index in [1.54, 1.807) is 30.4 Å². The van der Waals surface area contributed by atoms with Crippen molar-refractivity contribution in [3.63, 3.8) is 0 Å². The first-order chi connectivity index (χ1) is 13.1. The van der Waals surface area contributed by atoms with Gasteiger partial charge in [-0.2, -0.15) is 0 Å². The maximum absolute atomic E-state index is 12.6. The summed E-state index contributed by atoms with van der Waals surface area (Å²) in [5, 5.41) is 3.71. The molecule has 0 aliphatic carbocycles. The molecular weight excluding hydrogens is 366 g/mol. The Kier molecular flexibility index (Phi) is 6.15. The van der Waals surface area contributed by atoms with Crippen LogP contribution >= 0.6 is 11.6 Å². The van der Waals surface area contributed by atoms with Crippen LogP contribution in [0.4, 0.5) is 10.5 Å². The van der Waals surface area contributed by atoms with E-state index in [1.807, 2.05) is 18.2 Å². The third kappa shape index (κ3) is 4.69. The van der Waals surface area contributed by atoms with Gasteiger partial charge in [-0.05, 0) is 36.8 Å². The lowest BCUT2D eigenvalue weighted by atomic mass is 10.2.